The van der Waals surface area contributed by atoms with Gasteiger partial charge in [-0.05, 0) is 30.5 Å². The fraction of sp³-hybridized carbons (Fsp3) is 0.333. The molecule has 1 atom stereocenters. The molecule has 86 valence electrons. The molecule has 1 aromatic rings. The largest absolute Gasteiger partial charge is 0.454 e. The number of ether oxygens (including phenoxy) is 2. The van der Waals surface area contributed by atoms with E-state index in [1.807, 2.05) is 18.2 Å². The Bertz CT molecular complexity index is 406. The van der Waals surface area contributed by atoms with Crippen LogP contribution in [-0.2, 0) is 0 Å². The highest BCUT2D eigenvalue weighted by Crippen LogP contribution is 2.39. The van der Waals surface area contributed by atoms with Gasteiger partial charge in [0, 0.05) is 10.5 Å². The monoisotopic (exact) mass is 283 g/mol. The van der Waals surface area contributed by atoms with Crippen LogP contribution in [0.25, 0.3) is 0 Å². The van der Waals surface area contributed by atoms with E-state index in [0.717, 1.165) is 34.4 Å². The standard InChI is InChI=1S/C12H14BrNO2/c1-2-3-4-10(14)8-5-11-12(6-9(8)13)16-7-15-11/h2,5-6,10H,1,3-4,7,14H2/t10-/m1/s1. The van der Waals surface area contributed by atoms with Crippen LogP contribution < -0.4 is 15.2 Å². The maximum absolute atomic E-state index is 6.10. The Labute approximate surface area is 103 Å². The van der Waals surface area contributed by atoms with Gasteiger partial charge in [-0.1, -0.05) is 22.0 Å². The first kappa shape index (κ1) is 11.5. The SMILES string of the molecule is C=CCC[C@@H](N)c1cc2c(cc1Br)OCO2. The second-order valence-corrected chi connectivity index (χ2v) is 4.55. The van der Waals surface area contributed by atoms with Crippen LogP contribution in [0.3, 0.4) is 0 Å². The molecule has 0 aliphatic carbocycles. The van der Waals surface area contributed by atoms with E-state index >= 15 is 0 Å². The number of allylic oxidation sites excluding steroid dienone is 1. The molecule has 0 radical (unpaired) electrons. The van der Waals surface area contributed by atoms with Crippen molar-refractivity contribution >= 4 is 15.9 Å². The first-order valence-electron chi connectivity index (χ1n) is 5.18. The molecular formula is C12H14BrNO2. The quantitative estimate of drug-likeness (QED) is 0.864. The van der Waals surface area contributed by atoms with Crippen LogP contribution in [0.15, 0.2) is 29.3 Å². The van der Waals surface area contributed by atoms with E-state index in [1.54, 1.807) is 0 Å². The van der Waals surface area contributed by atoms with Gasteiger partial charge in [0.25, 0.3) is 0 Å². The van der Waals surface area contributed by atoms with Crippen molar-refractivity contribution in [1.29, 1.82) is 0 Å². The molecule has 4 heteroatoms. The van der Waals surface area contributed by atoms with Crippen molar-refractivity contribution in [2.24, 2.45) is 5.73 Å². The van der Waals surface area contributed by atoms with Crippen molar-refractivity contribution in [3.8, 4) is 11.5 Å². The zero-order chi connectivity index (χ0) is 11.5. The van der Waals surface area contributed by atoms with Crippen molar-refractivity contribution in [2.45, 2.75) is 18.9 Å². The second-order valence-electron chi connectivity index (χ2n) is 3.70. The zero-order valence-electron chi connectivity index (χ0n) is 8.91. The molecule has 0 saturated heterocycles. The van der Waals surface area contributed by atoms with E-state index < -0.39 is 0 Å². The number of rotatable bonds is 4. The van der Waals surface area contributed by atoms with Crippen LogP contribution in [0.1, 0.15) is 24.4 Å². The molecule has 1 aliphatic heterocycles. The molecule has 2 rings (SSSR count). The lowest BCUT2D eigenvalue weighted by Crippen LogP contribution is -2.10. The Hall–Kier alpha value is -1.00. The summed E-state index contributed by atoms with van der Waals surface area (Å²) >= 11 is 3.50. The molecule has 0 spiro atoms. The molecule has 0 fully saturated rings. The Balaban J connectivity index is 2.23. The van der Waals surface area contributed by atoms with Gasteiger partial charge in [-0.3, -0.25) is 0 Å². The predicted molar refractivity (Wildman–Crippen MR) is 66.6 cm³/mol. The molecule has 0 saturated carbocycles. The molecule has 1 heterocycles. The van der Waals surface area contributed by atoms with Crippen molar-refractivity contribution in [2.75, 3.05) is 6.79 Å². The number of hydrogen-bond acceptors (Lipinski definition) is 3. The van der Waals surface area contributed by atoms with Crippen LogP contribution in [0.5, 0.6) is 11.5 Å². The third kappa shape index (κ3) is 2.23. The maximum atomic E-state index is 6.10. The summed E-state index contributed by atoms with van der Waals surface area (Å²) in [5.41, 5.74) is 7.15. The zero-order valence-corrected chi connectivity index (χ0v) is 10.5. The average Bonchev–Trinajstić information content (AvgIpc) is 2.71. The normalized spacial score (nSPS) is 14.9. The molecule has 16 heavy (non-hydrogen) atoms. The van der Waals surface area contributed by atoms with Crippen LogP contribution in [0.4, 0.5) is 0 Å². The van der Waals surface area contributed by atoms with Crippen LogP contribution in [0.2, 0.25) is 0 Å². The summed E-state index contributed by atoms with van der Waals surface area (Å²) in [5, 5.41) is 0. The highest BCUT2D eigenvalue weighted by Gasteiger charge is 2.18. The molecule has 2 N–H and O–H groups in total. The number of fused-ring (bicyclic) bond motifs is 1. The molecule has 3 nitrogen and oxygen atoms in total. The molecule has 0 unspecified atom stereocenters. The van der Waals surface area contributed by atoms with E-state index in [9.17, 15) is 0 Å². The molecule has 1 aromatic carbocycles. The molecular weight excluding hydrogens is 270 g/mol. The second kappa shape index (κ2) is 4.89. The highest BCUT2D eigenvalue weighted by molar-refractivity contribution is 9.10. The van der Waals surface area contributed by atoms with Crippen molar-refractivity contribution in [3.63, 3.8) is 0 Å². The van der Waals surface area contributed by atoms with Crippen molar-refractivity contribution in [3.05, 3.63) is 34.8 Å². The molecule has 0 amide bonds. The maximum Gasteiger partial charge on any atom is 0.231 e. The Kier molecular flexibility index (Phi) is 3.51. The van der Waals surface area contributed by atoms with Gasteiger partial charge in [-0.25, -0.2) is 0 Å². The molecule has 0 aromatic heterocycles. The van der Waals surface area contributed by atoms with Crippen molar-refractivity contribution in [1.82, 2.24) is 0 Å². The third-order valence-corrected chi connectivity index (χ3v) is 3.26. The summed E-state index contributed by atoms with van der Waals surface area (Å²) in [6.07, 6.45) is 3.66. The summed E-state index contributed by atoms with van der Waals surface area (Å²) in [5.74, 6) is 1.54. The number of nitrogens with two attached hydrogens (primary N) is 1. The third-order valence-electron chi connectivity index (χ3n) is 2.57. The topological polar surface area (TPSA) is 44.5 Å². The average molecular weight is 284 g/mol. The fourth-order valence-electron chi connectivity index (χ4n) is 1.67. The van der Waals surface area contributed by atoms with Gasteiger partial charge in [-0.15, -0.1) is 6.58 Å². The van der Waals surface area contributed by atoms with Crippen molar-refractivity contribution < 1.29 is 9.47 Å². The molecule has 1 aliphatic rings. The van der Waals surface area contributed by atoms with E-state index in [2.05, 4.69) is 22.5 Å². The smallest absolute Gasteiger partial charge is 0.231 e. The van der Waals surface area contributed by atoms with E-state index in [-0.39, 0.29) is 12.8 Å². The minimum Gasteiger partial charge on any atom is -0.454 e. The van der Waals surface area contributed by atoms with E-state index in [4.69, 9.17) is 15.2 Å². The lowest BCUT2D eigenvalue weighted by Gasteiger charge is -2.13. The van der Waals surface area contributed by atoms with Gasteiger partial charge < -0.3 is 15.2 Å². The minimum atomic E-state index is -0.0122. The fourth-order valence-corrected chi connectivity index (χ4v) is 2.29. The van der Waals surface area contributed by atoms with Gasteiger partial charge in [0.2, 0.25) is 6.79 Å². The van der Waals surface area contributed by atoms with Crippen LogP contribution >= 0.6 is 15.9 Å². The number of halogens is 1. The predicted octanol–water partition coefficient (Wildman–Crippen LogP) is 3.14. The number of hydrogen-bond donors (Lipinski definition) is 1. The molecule has 0 bridgehead atoms. The van der Waals surface area contributed by atoms with Gasteiger partial charge in [0.05, 0.1) is 0 Å². The number of benzene rings is 1. The van der Waals surface area contributed by atoms with Crippen LogP contribution in [0, 0.1) is 0 Å². The Morgan fingerprint density at radius 1 is 1.44 bits per heavy atom. The van der Waals surface area contributed by atoms with Crippen LogP contribution in [-0.4, -0.2) is 6.79 Å². The summed E-state index contributed by atoms with van der Waals surface area (Å²) in [4.78, 5) is 0. The summed E-state index contributed by atoms with van der Waals surface area (Å²) in [6.45, 7) is 3.98. The first-order valence-corrected chi connectivity index (χ1v) is 5.97. The summed E-state index contributed by atoms with van der Waals surface area (Å²) < 4.78 is 11.6. The first-order chi connectivity index (χ1) is 7.72. The summed E-state index contributed by atoms with van der Waals surface area (Å²) in [7, 11) is 0. The lowest BCUT2D eigenvalue weighted by atomic mass is 10.0. The lowest BCUT2D eigenvalue weighted by molar-refractivity contribution is 0.174. The Morgan fingerprint density at radius 3 is 2.81 bits per heavy atom. The highest BCUT2D eigenvalue weighted by atomic mass is 79.9. The van der Waals surface area contributed by atoms with E-state index in [1.165, 1.54) is 0 Å². The van der Waals surface area contributed by atoms with E-state index in [0.29, 0.717) is 0 Å². The summed E-state index contributed by atoms with van der Waals surface area (Å²) in [6, 6.07) is 3.84. The minimum absolute atomic E-state index is 0.0122. The van der Waals surface area contributed by atoms with Gasteiger partial charge in [0.15, 0.2) is 11.5 Å². The van der Waals surface area contributed by atoms with Gasteiger partial charge in [-0.2, -0.15) is 0 Å². The van der Waals surface area contributed by atoms with Gasteiger partial charge in [0.1, 0.15) is 0 Å². The van der Waals surface area contributed by atoms with Gasteiger partial charge >= 0.3 is 0 Å². The Morgan fingerprint density at radius 2 is 2.12 bits per heavy atom.